The van der Waals surface area contributed by atoms with Gasteiger partial charge >= 0.3 is 7.82 Å². The average Bonchev–Trinajstić information content (AvgIpc) is 1.59. The van der Waals surface area contributed by atoms with E-state index in [0.717, 1.165) is 0 Å². The summed E-state index contributed by atoms with van der Waals surface area (Å²) in [7, 11) is -4.32. The maximum Gasteiger partial charge on any atom is 0.470 e. The topological polar surface area (TPSA) is 105 Å². The zero-order valence-electron chi connectivity index (χ0n) is 3.94. The Hall–Kier alpha value is 0.0300. The fourth-order valence-electron chi connectivity index (χ4n) is 0.121. The van der Waals surface area contributed by atoms with Crippen LogP contribution in [0.3, 0.4) is 0 Å². The smallest absolute Gasteiger partial charge is 0.303 e. The molecule has 5 N–H and O–H groups in total. The summed E-state index contributed by atoms with van der Waals surface area (Å²) in [5.41, 5.74) is 1.91. The maximum absolute atomic E-state index is 9.77. The summed E-state index contributed by atoms with van der Waals surface area (Å²) >= 11 is 0. The minimum absolute atomic E-state index is 0.357. The highest BCUT2D eigenvalue weighted by Gasteiger charge is 2.11. The first-order chi connectivity index (χ1) is 3.56. The van der Waals surface area contributed by atoms with E-state index in [0.29, 0.717) is 0 Å². The molecule has 0 saturated carbocycles. The number of hydrogen-bond donors (Lipinski definition) is 4. The molecule has 7 heteroatoms. The minimum Gasteiger partial charge on any atom is -0.303 e. The Morgan fingerprint density at radius 2 is 2.25 bits per heavy atom. The van der Waals surface area contributed by atoms with Gasteiger partial charge in [-0.15, -0.1) is 0 Å². The zero-order valence-corrected chi connectivity index (χ0v) is 4.84. The molecule has 0 aromatic rings. The molecule has 0 atom stereocenters. The molecule has 8 heavy (non-hydrogen) atoms. The lowest BCUT2D eigenvalue weighted by molar-refractivity contribution is 0.184. The van der Waals surface area contributed by atoms with Crippen LogP contribution in [0.25, 0.3) is 0 Å². The first-order valence-corrected chi connectivity index (χ1v) is 3.23. The van der Waals surface area contributed by atoms with Crippen molar-refractivity contribution >= 4 is 7.82 Å². The van der Waals surface area contributed by atoms with E-state index in [4.69, 9.17) is 9.79 Å². The molecule has 6 nitrogen and oxygen atoms in total. The van der Waals surface area contributed by atoms with Crippen molar-refractivity contribution in [3.63, 3.8) is 0 Å². The van der Waals surface area contributed by atoms with Crippen LogP contribution >= 0.6 is 7.82 Å². The molecule has 0 spiro atoms. The van der Waals surface area contributed by atoms with Crippen LogP contribution in [-0.4, -0.2) is 16.5 Å². The summed E-state index contributed by atoms with van der Waals surface area (Å²) < 4.78 is 13.6. The van der Waals surface area contributed by atoms with Gasteiger partial charge in [0.15, 0.2) is 0 Å². The summed E-state index contributed by atoms with van der Waals surface area (Å²) in [4.78, 5) is 15.9. The Labute approximate surface area is 45.9 Å². The minimum atomic E-state index is -4.32. The van der Waals surface area contributed by atoms with Crippen molar-refractivity contribution in [3.8, 4) is 0 Å². The van der Waals surface area contributed by atoms with Gasteiger partial charge in [-0.25, -0.2) is 9.99 Å². The molecule has 50 valence electrons. The SMILES string of the molecule is NNCOP(=O)(O)O. The quantitative estimate of drug-likeness (QED) is 0.166. The third-order valence-electron chi connectivity index (χ3n) is 0.316. The molecule has 0 rings (SSSR count). The van der Waals surface area contributed by atoms with Crippen LogP contribution < -0.4 is 11.3 Å². The largest absolute Gasteiger partial charge is 0.470 e. The van der Waals surface area contributed by atoms with Gasteiger partial charge in [-0.2, -0.15) is 0 Å². The van der Waals surface area contributed by atoms with Gasteiger partial charge in [0.05, 0.1) is 0 Å². The lowest BCUT2D eigenvalue weighted by atomic mass is 11.4. The second-order valence-electron chi connectivity index (χ2n) is 0.968. The number of rotatable bonds is 3. The summed E-state index contributed by atoms with van der Waals surface area (Å²) in [6.45, 7) is -0.357. The number of hydrogen-bond acceptors (Lipinski definition) is 4. The first kappa shape index (κ1) is 8.03. The van der Waals surface area contributed by atoms with Gasteiger partial charge in [-0.1, -0.05) is 0 Å². The fourth-order valence-corrected chi connectivity index (χ4v) is 0.364. The second-order valence-corrected chi connectivity index (χ2v) is 2.21. The Balaban J connectivity index is 3.26. The zero-order chi connectivity index (χ0) is 6.62. The van der Waals surface area contributed by atoms with E-state index in [9.17, 15) is 4.57 Å². The van der Waals surface area contributed by atoms with Crippen LogP contribution in [0.2, 0.25) is 0 Å². The van der Waals surface area contributed by atoms with Crippen molar-refractivity contribution in [2.45, 2.75) is 0 Å². The molecule has 0 heterocycles. The monoisotopic (exact) mass is 142 g/mol. The van der Waals surface area contributed by atoms with Crippen LogP contribution in [0.5, 0.6) is 0 Å². The third-order valence-corrected chi connectivity index (χ3v) is 0.782. The fraction of sp³-hybridized carbons (Fsp3) is 1.00. The van der Waals surface area contributed by atoms with Crippen LogP contribution in [0, 0.1) is 0 Å². The molecule has 0 unspecified atom stereocenters. The van der Waals surface area contributed by atoms with E-state index in [1.807, 2.05) is 5.43 Å². The number of phosphoric acid groups is 1. The highest BCUT2D eigenvalue weighted by Crippen LogP contribution is 2.34. The molecule has 0 saturated heterocycles. The van der Waals surface area contributed by atoms with Gasteiger partial charge in [-0.3, -0.25) is 10.4 Å². The van der Waals surface area contributed by atoms with Gasteiger partial charge in [-0.05, 0) is 0 Å². The molecule has 0 aliphatic heterocycles. The van der Waals surface area contributed by atoms with E-state index in [-0.39, 0.29) is 6.73 Å². The van der Waals surface area contributed by atoms with Crippen LogP contribution in [-0.2, 0) is 9.09 Å². The Morgan fingerprint density at radius 3 is 2.38 bits per heavy atom. The van der Waals surface area contributed by atoms with Crippen molar-refractivity contribution in [1.82, 2.24) is 5.43 Å². The van der Waals surface area contributed by atoms with E-state index in [1.165, 1.54) is 0 Å². The van der Waals surface area contributed by atoms with Crippen molar-refractivity contribution in [1.29, 1.82) is 0 Å². The highest BCUT2D eigenvalue weighted by atomic mass is 31.2. The number of nitrogens with two attached hydrogens (primary N) is 1. The van der Waals surface area contributed by atoms with E-state index in [2.05, 4.69) is 10.4 Å². The van der Waals surface area contributed by atoms with Crippen molar-refractivity contribution in [3.05, 3.63) is 0 Å². The molecular weight excluding hydrogens is 135 g/mol. The molecule has 0 aliphatic rings. The molecule has 0 aromatic heterocycles. The molecule has 0 aliphatic carbocycles. The van der Waals surface area contributed by atoms with Gasteiger partial charge in [0.2, 0.25) is 0 Å². The molecule has 0 radical (unpaired) electrons. The summed E-state index contributed by atoms with van der Waals surface area (Å²) in [5.74, 6) is 4.62. The standard InChI is InChI=1S/CH7N2O4P/c2-3-1-7-8(4,5)6/h3H,1-2H2,(H2,4,5,6). The van der Waals surface area contributed by atoms with Crippen molar-refractivity contribution in [2.24, 2.45) is 5.84 Å². The summed E-state index contributed by atoms with van der Waals surface area (Å²) in [5, 5.41) is 0. The highest BCUT2D eigenvalue weighted by molar-refractivity contribution is 7.46. The predicted octanol–water partition coefficient (Wildman–Crippen LogP) is -1.48. The summed E-state index contributed by atoms with van der Waals surface area (Å²) in [6.07, 6.45) is 0. The Morgan fingerprint density at radius 1 is 1.75 bits per heavy atom. The van der Waals surface area contributed by atoms with E-state index < -0.39 is 7.82 Å². The number of hydrazine groups is 1. The predicted molar refractivity (Wildman–Crippen MR) is 25.3 cm³/mol. The number of nitrogens with one attached hydrogen (secondary N) is 1. The molecular formula is CH7N2O4P. The average molecular weight is 142 g/mol. The van der Waals surface area contributed by atoms with Crippen molar-refractivity contribution < 1.29 is 18.9 Å². The Kier molecular flexibility index (Phi) is 3.15. The maximum atomic E-state index is 9.77. The van der Waals surface area contributed by atoms with Gasteiger partial charge in [0.25, 0.3) is 0 Å². The molecule has 0 amide bonds. The molecule has 0 fully saturated rings. The first-order valence-electron chi connectivity index (χ1n) is 1.70. The summed E-state index contributed by atoms with van der Waals surface area (Å²) in [6, 6.07) is 0. The number of phosphoric ester groups is 1. The normalized spacial score (nSPS) is 11.9. The van der Waals surface area contributed by atoms with Gasteiger partial charge < -0.3 is 9.79 Å². The Bertz CT molecular complexity index is 98.2. The van der Waals surface area contributed by atoms with Gasteiger partial charge in [0, 0.05) is 0 Å². The van der Waals surface area contributed by atoms with Gasteiger partial charge in [0.1, 0.15) is 6.73 Å². The lowest BCUT2D eigenvalue weighted by Crippen LogP contribution is -2.24. The second kappa shape index (κ2) is 3.13. The lowest BCUT2D eigenvalue weighted by Gasteiger charge is -2.01. The van der Waals surface area contributed by atoms with Crippen molar-refractivity contribution in [2.75, 3.05) is 6.73 Å². The van der Waals surface area contributed by atoms with Crippen LogP contribution in [0.4, 0.5) is 0 Å². The van der Waals surface area contributed by atoms with E-state index in [1.54, 1.807) is 0 Å². The van der Waals surface area contributed by atoms with Crippen LogP contribution in [0.15, 0.2) is 0 Å². The molecule has 0 bridgehead atoms. The molecule has 0 aromatic carbocycles. The van der Waals surface area contributed by atoms with Crippen LogP contribution in [0.1, 0.15) is 0 Å². The third kappa shape index (κ3) is 6.03. The van der Waals surface area contributed by atoms with E-state index >= 15 is 0 Å².